The highest BCUT2D eigenvalue weighted by Crippen LogP contribution is 2.27. The van der Waals surface area contributed by atoms with Crippen LogP contribution in [0.1, 0.15) is 33.6 Å². The van der Waals surface area contributed by atoms with E-state index in [9.17, 15) is 4.79 Å². The lowest BCUT2D eigenvalue weighted by atomic mass is 10.1. The van der Waals surface area contributed by atoms with E-state index in [1.165, 1.54) is 11.1 Å². The third-order valence-corrected chi connectivity index (χ3v) is 3.50. The average Bonchev–Trinajstić information content (AvgIpc) is 2.50. The maximum Gasteiger partial charge on any atom is 0.277 e. The summed E-state index contributed by atoms with van der Waals surface area (Å²) in [6.07, 6.45) is 7.58. The van der Waals surface area contributed by atoms with Gasteiger partial charge >= 0.3 is 0 Å². The smallest absolute Gasteiger partial charge is 0.277 e. The van der Waals surface area contributed by atoms with E-state index in [0.717, 1.165) is 12.8 Å². The van der Waals surface area contributed by atoms with Crippen LogP contribution in [-0.4, -0.2) is 18.7 Å². The normalized spacial score (nSPS) is 11.5. The first-order valence-corrected chi connectivity index (χ1v) is 8.33. The molecule has 0 aromatic heterocycles. The second-order valence-electron chi connectivity index (χ2n) is 5.51. The van der Waals surface area contributed by atoms with Crippen molar-refractivity contribution in [3.63, 3.8) is 0 Å². The molecule has 0 unspecified atom stereocenters. The zero-order valence-corrected chi connectivity index (χ0v) is 15.6. The Labute approximate surface area is 153 Å². The fraction of sp³-hybridized carbons (Fsp3) is 0.333. The van der Waals surface area contributed by atoms with Crippen molar-refractivity contribution in [3.8, 4) is 5.75 Å². The zero-order valence-electron chi connectivity index (χ0n) is 14.1. The van der Waals surface area contributed by atoms with E-state index in [2.05, 4.69) is 30.5 Å². The first kappa shape index (κ1) is 20.3. The lowest BCUT2D eigenvalue weighted by Gasteiger charge is -2.06. The molecular weight excluding hydrogens is 347 g/mol. The summed E-state index contributed by atoms with van der Waals surface area (Å²) in [4.78, 5) is 11.6. The van der Waals surface area contributed by atoms with Gasteiger partial charge in [-0.25, -0.2) is 5.43 Å². The van der Waals surface area contributed by atoms with Crippen LogP contribution < -0.4 is 10.2 Å². The molecule has 1 rings (SSSR count). The molecule has 0 aliphatic rings. The Balaban J connectivity index is 2.33. The Morgan fingerprint density at radius 1 is 1.29 bits per heavy atom. The minimum atomic E-state index is -0.368. The van der Waals surface area contributed by atoms with Crippen LogP contribution in [0.15, 0.2) is 46.6 Å². The highest BCUT2D eigenvalue weighted by Gasteiger charge is 2.05. The molecule has 0 radical (unpaired) electrons. The molecule has 0 aliphatic carbocycles. The Morgan fingerprint density at radius 3 is 2.71 bits per heavy atom. The van der Waals surface area contributed by atoms with Crippen LogP contribution in [0.25, 0.3) is 0 Å². The van der Waals surface area contributed by atoms with Gasteiger partial charge in [0.15, 0.2) is 6.61 Å². The molecule has 4 nitrogen and oxygen atoms in total. The van der Waals surface area contributed by atoms with Gasteiger partial charge in [0.1, 0.15) is 5.75 Å². The minimum Gasteiger partial charge on any atom is -0.482 e. The third-order valence-electron chi connectivity index (χ3n) is 2.97. The average molecular weight is 369 g/mol. The maximum atomic E-state index is 11.6. The molecule has 0 aliphatic heterocycles. The highest BCUT2D eigenvalue weighted by atomic mass is 35.5. The van der Waals surface area contributed by atoms with Crippen molar-refractivity contribution in [2.75, 3.05) is 6.61 Å². The molecule has 1 aromatic carbocycles. The number of allylic oxidation sites excluding steroid dienone is 4. The molecule has 1 aromatic rings. The summed E-state index contributed by atoms with van der Waals surface area (Å²) in [5, 5.41) is 4.72. The van der Waals surface area contributed by atoms with E-state index in [4.69, 9.17) is 27.9 Å². The first-order valence-electron chi connectivity index (χ1n) is 7.57. The number of halogens is 2. The highest BCUT2D eigenvalue weighted by molar-refractivity contribution is 6.35. The van der Waals surface area contributed by atoms with Gasteiger partial charge in [-0.2, -0.15) is 5.10 Å². The second kappa shape index (κ2) is 10.9. The SMILES string of the molecule is CC(C)=CCC/C(C)=C/C=N\NC(=O)COc1ccc(Cl)cc1Cl. The van der Waals surface area contributed by atoms with Crippen molar-refractivity contribution in [1.29, 1.82) is 0 Å². The fourth-order valence-electron chi connectivity index (χ4n) is 1.71. The Bertz CT molecular complexity index is 648. The summed E-state index contributed by atoms with van der Waals surface area (Å²) in [5.41, 5.74) is 4.89. The molecule has 0 saturated heterocycles. The van der Waals surface area contributed by atoms with Gasteiger partial charge in [-0.1, -0.05) is 40.4 Å². The summed E-state index contributed by atoms with van der Waals surface area (Å²) in [6, 6.07) is 4.80. The number of hydrogen-bond acceptors (Lipinski definition) is 3. The number of hydrazone groups is 1. The predicted molar refractivity (Wildman–Crippen MR) is 101 cm³/mol. The second-order valence-corrected chi connectivity index (χ2v) is 6.35. The van der Waals surface area contributed by atoms with Crippen LogP contribution in [0, 0.1) is 0 Å². The van der Waals surface area contributed by atoms with E-state index >= 15 is 0 Å². The standard InChI is InChI=1S/C18H22Cl2N2O2/c1-13(2)5-4-6-14(3)9-10-21-22-18(23)12-24-17-8-7-15(19)11-16(17)20/h5,7-11H,4,6,12H2,1-3H3,(H,22,23)/b14-9+,21-10-. The van der Waals surface area contributed by atoms with Crippen LogP contribution in [0.2, 0.25) is 10.0 Å². The molecule has 0 saturated carbocycles. The molecule has 0 fully saturated rings. The van der Waals surface area contributed by atoms with E-state index in [1.807, 2.05) is 13.0 Å². The molecule has 1 N–H and O–H groups in total. The molecule has 6 heteroatoms. The van der Waals surface area contributed by atoms with Gasteiger partial charge in [0, 0.05) is 11.2 Å². The van der Waals surface area contributed by atoms with Gasteiger partial charge in [-0.3, -0.25) is 4.79 Å². The fourth-order valence-corrected chi connectivity index (χ4v) is 2.18. The molecule has 0 atom stereocenters. The summed E-state index contributed by atoms with van der Waals surface area (Å²) >= 11 is 11.7. The molecule has 1 amide bonds. The lowest BCUT2D eigenvalue weighted by molar-refractivity contribution is -0.123. The topological polar surface area (TPSA) is 50.7 Å². The lowest BCUT2D eigenvalue weighted by Crippen LogP contribution is -2.24. The summed E-state index contributed by atoms with van der Waals surface area (Å²) < 4.78 is 5.31. The van der Waals surface area contributed by atoms with Crippen LogP contribution in [0.4, 0.5) is 0 Å². The van der Waals surface area contributed by atoms with Crippen molar-refractivity contribution in [3.05, 3.63) is 51.5 Å². The Kier molecular flexibility index (Phi) is 9.20. The number of benzene rings is 1. The van der Waals surface area contributed by atoms with Crippen molar-refractivity contribution in [2.45, 2.75) is 33.6 Å². The van der Waals surface area contributed by atoms with Gasteiger partial charge in [0.25, 0.3) is 5.91 Å². The van der Waals surface area contributed by atoms with E-state index in [1.54, 1.807) is 24.4 Å². The zero-order chi connectivity index (χ0) is 17.9. The van der Waals surface area contributed by atoms with Crippen molar-refractivity contribution >= 4 is 35.3 Å². The van der Waals surface area contributed by atoms with Gasteiger partial charge in [0.05, 0.1) is 5.02 Å². The molecule has 0 spiro atoms. The van der Waals surface area contributed by atoms with Gasteiger partial charge in [0.2, 0.25) is 0 Å². The largest absolute Gasteiger partial charge is 0.482 e. The number of hydrogen-bond donors (Lipinski definition) is 1. The van der Waals surface area contributed by atoms with Crippen LogP contribution >= 0.6 is 23.2 Å². The minimum absolute atomic E-state index is 0.179. The molecule has 130 valence electrons. The van der Waals surface area contributed by atoms with Gasteiger partial charge in [-0.15, -0.1) is 0 Å². The van der Waals surface area contributed by atoms with Crippen LogP contribution in [0.5, 0.6) is 5.75 Å². The number of rotatable bonds is 8. The van der Waals surface area contributed by atoms with Crippen LogP contribution in [0.3, 0.4) is 0 Å². The first-order chi connectivity index (χ1) is 11.4. The predicted octanol–water partition coefficient (Wildman–Crippen LogP) is 5.17. The number of amides is 1. The number of ether oxygens (including phenoxy) is 1. The number of nitrogens with zero attached hydrogens (tertiary/aromatic N) is 1. The molecular formula is C18H22Cl2N2O2. The molecule has 24 heavy (non-hydrogen) atoms. The van der Waals surface area contributed by atoms with Crippen molar-refractivity contribution < 1.29 is 9.53 Å². The van der Waals surface area contributed by atoms with E-state index in [-0.39, 0.29) is 12.5 Å². The maximum absolute atomic E-state index is 11.6. The van der Waals surface area contributed by atoms with E-state index < -0.39 is 0 Å². The van der Waals surface area contributed by atoms with Crippen LogP contribution in [-0.2, 0) is 4.79 Å². The quantitative estimate of drug-likeness (QED) is 0.391. The van der Waals surface area contributed by atoms with E-state index in [0.29, 0.717) is 15.8 Å². The number of nitrogens with one attached hydrogen (secondary N) is 1. The number of carbonyl (C=O) groups excluding carboxylic acids is 1. The third kappa shape index (κ3) is 8.75. The summed E-state index contributed by atoms with van der Waals surface area (Å²) in [6.45, 7) is 6.00. The molecule has 0 bridgehead atoms. The number of carbonyl (C=O) groups is 1. The molecule has 0 heterocycles. The Morgan fingerprint density at radius 2 is 2.04 bits per heavy atom. The summed E-state index contributed by atoms with van der Waals surface area (Å²) in [5.74, 6) is 0.0306. The summed E-state index contributed by atoms with van der Waals surface area (Å²) in [7, 11) is 0. The monoisotopic (exact) mass is 368 g/mol. The van der Waals surface area contributed by atoms with Crippen molar-refractivity contribution in [2.24, 2.45) is 5.10 Å². The van der Waals surface area contributed by atoms with Gasteiger partial charge in [-0.05, 0) is 57.9 Å². The van der Waals surface area contributed by atoms with Gasteiger partial charge < -0.3 is 4.74 Å². The Hall–Kier alpha value is -1.78. The van der Waals surface area contributed by atoms with Crippen molar-refractivity contribution in [1.82, 2.24) is 5.43 Å².